The molecule has 8 nitrogen and oxygen atoms in total. The van der Waals surface area contributed by atoms with Crippen molar-refractivity contribution in [3.05, 3.63) is 72.1 Å². The van der Waals surface area contributed by atoms with Crippen LogP contribution in [-0.4, -0.2) is 26.2 Å². The van der Waals surface area contributed by atoms with Gasteiger partial charge in [0.15, 0.2) is 0 Å². The second-order valence-electron chi connectivity index (χ2n) is 6.49. The molecular weight excluding hydrogens is 448 g/mol. The fourth-order valence-electron chi connectivity index (χ4n) is 3.00. The summed E-state index contributed by atoms with van der Waals surface area (Å²) in [6, 6.07) is 19.1. The summed E-state index contributed by atoms with van der Waals surface area (Å²) in [4.78, 5) is 32.1. The Morgan fingerprint density at radius 1 is 0.688 bits per heavy atom. The van der Waals surface area contributed by atoms with Gasteiger partial charge in [-0.3, -0.25) is 0 Å². The van der Waals surface area contributed by atoms with E-state index in [1.807, 2.05) is 60.7 Å². The number of benzene rings is 2. The molecule has 0 aliphatic carbocycles. The number of hydrazine groups is 1. The lowest BCUT2D eigenvalue weighted by Gasteiger charge is -1.97. The lowest BCUT2D eigenvalue weighted by molar-refractivity contribution is -0.363. The molecule has 0 unspecified atom stereocenters. The van der Waals surface area contributed by atoms with E-state index in [2.05, 4.69) is 20.8 Å². The number of methoxy groups -OCH3 is 2. The first kappa shape index (κ1) is 21.5. The van der Waals surface area contributed by atoms with Gasteiger partial charge >= 0.3 is 22.2 Å². The Bertz CT molecular complexity index is 1140. The minimum absolute atomic E-state index is 0.350. The molecule has 0 saturated carbocycles. The van der Waals surface area contributed by atoms with Crippen molar-refractivity contribution >= 4 is 44.9 Å². The Kier molecular flexibility index (Phi) is 6.43. The number of nitrogens with one attached hydrogen (secondary N) is 4. The van der Waals surface area contributed by atoms with Crippen LogP contribution in [0.1, 0.15) is 21.0 Å². The molecule has 0 spiro atoms. The Labute approximate surface area is 191 Å². The molecule has 0 fully saturated rings. The van der Waals surface area contributed by atoms with Crippen molar-refractivity contribution in [2.45, 2.75) is 0 Å². The Hall–Kier alpha value is -3.76. The van der Waals surface area contributed by atoms with Crippen molar-refractivity contribution in [3.63, 3.8) is 0 Å². The summed E-state index contributed by atoms with van der Waals surface area (Å²) in [6.07, 6.45) is 0. The number of hydrogen-bond acceptors (Lipinski definition) is 8. The van der Waals surface area contributed by atoms with Gasteiger partial charge in [0.1, 0.15) is 0 Å². The number of carbonyl (C=O) groups is 2. The highest BCUT2D eigenvalue weighted by Crippen LogP contribution is 2.33. The molecule has 0 aliphatic rings. The summed E-state index contributed by atoms with van der Waals surface area (Å²) >= 11 is 2.73. The van der Waals surface area contributed by atoms with E-state index >= 15 is 0 Å². The summed E-state index contributed by atoms with van der Waals surface area (Å²) in [6.45, 7) is 0. The third-order valence-corrected chi connectivity index (χ3v) is 6.58. The zero-order valence-corrected chi connectivity index (χ0v) is 18.9. The molecule has 2 aromatic heterocycles. The summed E-state index contributed by atoms with van der Waals surface area (Å²) in [5.74, 6) is -0.926. The molecule has 0 atom stereocenters. The van der Waals surface area contributed by atoms with Crippen molar-refractivity contribution in [2.75, 3.05) is 25.1 Å². The number of thiazole rings is 2. The van der Waals surface area contributed by atoms with Gasteiger partial charge < -0.3 is 9.47 Å². The maximum atomic E-state index is 12.3. The Balaban J connectivity index is 1.61. The van der Waals surface area contributed by atoms with Gasteiger partial charge in [-0.1, -0.05) is 71.5 Å². The largest absolute Gasteiger partial charge is 0.463 e. The van der Waals surface area contributed by atoms with Crippen LogP contribution >= 0.6 is 22.7 Å². The predicted molar refractivity (Wildman–Crippen MR) is 123 cm³/mol. The van der Waals surface area contributed by atoms with E-state index in [1.165, 1.54) is 36.9 Å². The quantitative estimate of drug-likeness (QED) is 0.316. The summed E-state index contributed by atoms with van der Waals surface area (Å²) in [7, 11) is 2.68. The second-order valence-corrected chi connectivity index (χ2v) is 8.53. The third-order valence-electron chi connectivity index (χ3n) is 4.48. The SMILES string of the molecule is COC(=O)c1[nH+]c(NNc2[nH+]c(C(=O)OC)c(-c3ccccc3)s2)sc1-c1ccccc1. The second kappa shape index (κ2) is 9.58. The number of anilines is 2. The van der Waals surface area contributed by atoms with Crippen LogP contribution in [0.15, 0.2) is 60.7 Å². The van der Waals surface area contributed by atoms with Gasteiger partial charge in [0, 0.05) is 0 Å². The van der Waals surface area contributed by atoms with Crippen LogP contribution < -0.4 is 20.8 Å². The van der Waals surface area contributed by atoms with E-state index in [0.29, 0.717) is 21.7 Å². The number of aromatic amines is 2. The number of aromatic nitrogens is 2. The number of ether oxygens (including phenoxy) is 2. The molecular formula is C22H20N4O4S2+2. The molecule has 2 heterocycles. The fourth-order valence-corrected chi connectivity index (χ4v) is 4.90. The first-order valence-electron chi connectivity index (χ1n) is 9.52. The maximum Gasteiger partial charge on any atom is 0.379 e. The highest BCUT2D eigenvalue weighted by atomic mass is 32.1. The number of H-pyrrole nitrogens is 2. The summed E-state index contributed by atoms with van der Waals surface area (Å²) in [5.41, 5.74) is 8.59. The van der Waals surface area contributed by atoms with Crippen LogP contribution in [0.4, 0.5) is 10.3 Å². The van der Waals surface area contributed by atoms with Gasteiger partial charge in [-0.2, -0.15) is 0 Å². The molecule has 0 bridgehead atoms. The minimum Gasteiger partial charge on any atom is -0.463 e. The number of esters is 2. The molecule has 0 radical (unpaired) electrons. The molecule has 0 aliphatic heterocycles. The van der Waals surface area contributed by atoms with Gasteiger partial charge in [-0.15, -0.1) is 0 Å². The molecule has 32 heavy (non-hydrogen) atoms. The van der Waals surface area contributed by atoms with Crippen molar-refractivity contribution < 1.29 is 29.0 Å². The number of carbonyl (C=O) groups excluding carboxylic acids is 2. The summed E-state index contributed by atoms with van der Waals surface area (Å²) < 4.78 is 9.83. The molecule has 4 rings (SSSR count). The molecule has 0 amide bonds. The first-order valence-corrected chi connectivity index (χ1v) is 11.2. The van der Waals surface area contributed by atoms with E-state index in [1.54, 1.807) is 0 Å². The van der Waals surface area contributed by atoms with Crippen molar-refractivity contribution in [1.29, 1.82) is 0 Å². The van der Waals surface area contributed by atoms with E-state index in [9.17, 15) is 9.59 Å². The summed E-state index contributed by atoms with van der Waals surface area (Å²) in [5, 5.41) is 1.18. The van der Waals surface area contributed by atoms with Gasteiger partial charge in [0.05, 0.1) is 24.0 Å². The molecule has 4 N–H and O–H groups in total. The molecule has 162 valence electrons. The van der Waals surface area contributed by atoms with Crippen LogP contribution in [-0.2, 0) is 9.47 Å². The number of hydrogen-bond donors (Lipinski definition) is 2. The van der Waals surface area contributed by atoms with Gasteiger partial charge in [0.25, 0.3) is 0 Å². The smallest absolute Gasteiger partial charge is 0.379 e. The monoisotopic (exact) mass is 468 g/mol. The third kappa shape index (κ3) is 4.46. The van der Waals surface area contributed by atoms with Crippen molar-refractivity contribution in [3.8, 4) is 20.9 Å². The van der Waals surface area contributed by atoms with Crippen LogP contribution in [0.5, 0.6) is 0 Å². The highest BCUT2D eigenvalue weighted by Gasteiger charge is 2.28. The number of rotatable bonds is 7. The van der Waals surface area contributed by atoms with E-state index in [-0.39, 0.29) is 0 Å². The van der Waals surface area contributed by atoms with Crippen LogP contribution in [0.25, 0.3) is 20.9 Å². The average molecular weight is 469 g/mol. The van der Waals surface area contributed by atoms with Gasteiger partial charge in [0.2, 0.25) is 11.4 Å². The fraction of sp³-hybridized carbons (Fsp3) is 0.0909. The average Bonchev–Trinajstić information content (AvgIpc) is 3.47. The lowest BCUT2D eigenvalue weighted by Crippen LogP contribution is -2.24. The minimum atomic E-state index is -0.463. The normalized spacial score (nSPS) is 10.4. The van der Waals surface area contributed by atoms with E-state index in [4.69, 9.17) is 9.47 Å². The standard InChI is InChI=1S/C22H18N4O4S2/c1-29-19(27)15-17(13-9-5-3-6-10-13)31-21(23-15)25-26-22-24-16(20(28)30-2)18(32-22)14-11-7-4-8-12-14/h3-12H,1-2H3,(H,23,25)(H,24,26)/p+2. The predicted octanol–water partition coefficient (Wildman–Crippen LogP) is 3.78. The van der Waals surface area contributed by atoms with Crippen molar-refractivity contribution in [1.82, 2.24) is 0 Å². The molecule has 2 aromatic carbocycles. The van der Waals surface area contributed by atoms with Gasteiger partial charge in [-0.05, 0) is 33.8 Å². The Morgan fingerprint density at radius 2 is 1.06 bits per heavy atom. The first-order chi connectivity index (χ1) is 15.6. The zero-order chi connectivity index (χ0) is 22.5. The maximum absolute atomic E-state index is 12.3. The van der Waals surface area contributed by atoms with E-state index in [0.717, 1.165) is 20.9 Å². The van der Waals surface area contributed by atoms with Crippen LogP contribution in [0.3, 0.4) is 0 Å². The lowest BCUT2D eigenvalue weighted by atomic mass is 10.1. The van der Waals surface area contributed by atoms with Gasteiger partial charge in [-0.25, -0.2) is 19.6 Å². The topological polar surface area (TPSA) is 105 Å². The van der Waals surface area contributed by atoms with Crippen molar-refractivity contribution in [2.24, 2.45) is 0 Å². The molecule has 0 saturated heterocycles. The zero-order valence-electron chi connectivity index (χ0n) is 17.2. The highest BCUT2D eigenvalue weighted by molar-refractivity contribution is 7.19. The molecule has 4 aromatic rings. The van der Waals surface area contributed by atoms with Crippen LogP contribution in [0.2, 0.25) is 0 Å². The van der Waals surface area contributed by atoms with E-state index < -0.39 is 11.9 Å². The molecule has 10 heteroatoms. The Morgan fingerprint density at radius 3 is 1.41 bits per heavy atom. The van der Waals surface area contributed by atoms with Crippen LogP contribution in [0, 0.1) is 0 Å².